The van der Waals surface area contributed by atoms with Gasteiger partial charge in [-0.1, -0.05) is 37.3 Å². The largest absolute Gasteiger partial charge is 0.478 e. The number of hydrogen-bond donors (Lipinski definition) is 1. The second-order valence-corrected chi connectivity index (χ2v) is 3.93. The van der Waals surface area contributed by atoms with Crippen LogP contribution in [0.15, 0.2) is 42.7 Å². The van der Waals surface area contributed by atoms with Crippen LogP contribution in [0.4, 0.5) is 5.82 Å². The summed E-state index contributed by atoms with van der Waals surface area (Å²) in [4.78, 5) is 8.22. The summed E-state index contributed by atoms with van der Waals surface area (Å²) in [7, 11) is 0. The number of nitrogens with one attached hydrogen (secondary N) is 1. The van der Waals surface area contributed by atoms with E-state index in [4.69, 9.17) is 4.74 Å². The monoisotopic (exact) mass is 243 g/mol. The lowest BCUT2D eigenvalue weighted by Crippen LogP contribution is -2.03. The number of nitrogens with zero attached hydrogens (tertiary/aromatic N) is 2. The van der Waals surface area contributed by atoms with Crippen LogP contribution in [0.5, 0.6) is 5.88 Å². The summed E-state index contributed by atoms with van der Waals surface area (Å²) in [6, 6.07) is 12.0. The van der Waals surface area contributed by atoms with Crippen LogP contribution < -0.4 is 10.1 Å². The Kier molecular flexibility index (Phi) is 4.53. The molecule has 0 amide bonds. The summed E-state index contributed by atoms with van der Waals surface area (Å²) in [5, 5.41) is 3.25. The molecule has 0 bridgehead atoms. The molecule has 1 heterocycles. The Hall–Kier alpha value is -2.10. The molecule has 18 heavy (non-hydrogen) atoms. The molecule has 2 rings (SSSR count). The predicted molar refractivity (Wildman–Crippen MR) is 71.6 cm³/mol. The minimum atomic E-state index is 0.613. The van der Waals surface area contributed by atoms with Gasteiger partial charge in [0.2, 0.25) is 5.88 Å². The van der Waals surface area contributed by atoms with Crippen molar-refractivity contribution in [2.24, 2.45) is 0 Å². The van der Waals surface area contributed by atoms with Gasteiger partial charge in [0.15, 0.2) is 0 Å². The first-order valence-corrected chi connectivity index (χ1v) is 6.11. The fourth-order valence-electron chi connectivity index (χ4n) is 1.51. The predicted octanol–water partition coefficient (Wildman–Crippen LogP) is 2.88. The van der Waals surface area contributed by atoms with Crippen LogP contribution in [0.3, 0.4) is 0 Å². The van der Waals surface area contributed by atoms with Crippen LogP contribution >= 0.6 is 0 Å². The SMILES string of the molecule is CCCOc1cc(NCc2ccccc2)ncn1. The number of anilines is 1. The molecule has 94 valence electrons. The van der Waals surface area contributed by atoms with Crippen molar-refractivity contribution in [2.75, 3.05) is 11.9 Å². The van der Waals surface area contributed by atoms with E-state index in [9.17, 15) is 0 Å². The smallest absolute Gasteiger partial charge is 0.218 e. The average molecular weight is 243 g/mol. The van der Waals surface area contributed by atoms with E-state index >= 15 is 0 Å². The van der Waals surface area contributed by atoms with Gasteiger partial charge >= 0.3 is 0 Å². The molecule has 4 heteroatoms. The second kappa shape index (κ2) is 6.59. The van der Waals surface area contributed by atoms with E-state index in [2.05, 4.69) is 34.3 Å². The van der Waals surface area contributed by atoms with Gasteiger partial charge in [0.25, 0.3) is 0 Å². The summed E-state index contributed by atoms with van der Waals surface area (Å²) >= 11 is 0. The standard InChI is InChI=1S/C14H17N3O/c1-2-8-18-14-9-13(16-11-17-14)15-10-12-6-4-3-5-7-12/h3-7,9,11H,2,8,10H2,1H3,(H,15,16,17). The zero-order valence-corrected chi connectivity index (χ0v) is 10.5. The first-order valence-electron chi connectivity index (χ1n) is 6.11. The molecule has 0 saturated carbocycles. The van der Waals surface area contributed by atoms with E-state index in [1.54, 1.807) is 0 Å². The van der Waals surface area contributed by atoms with E-state index in [0.29, 0.717) is 12.5 Å². The van der Waals surface area contributed by atoms with Gasteiger partial charge in [-0.2, -0.15) is 0 Å². The molecule has 1 N–H and O–H groups in total. The van der Waals surface area contributed by atoms with Crippen LogP contribution in [0, 0.1) is 0 Å². The van der Waals surface area contributed by atoms with Crippen molar-refractivity contribution in [3.8, 4) is 5.88 Å². The van der Waals surface area contributed by atoms with Gasteiger partial charge in [0.05, 0.1) is 6.61 Å². The third-order valence-corrected chi connectivity index (χ3v) is 2.41. The van der Waals surface area contributed by atoms with Crippen LogP contribution in [0.2, 0.25) is 0 Å². The number of benzene rings is 1. The second-order valence-electron chi connectivity index (χ2n) is 3.93. The van der Waals surface area contributed by atoms with Crippen molar-refractivity contribution in [2.45, 2.75) is 19.9 Å². The molecule has 0 fully saturated rings. The Morgan fingerprint density at radius 3 is 2.78 bits per heavy atom. The summed E-state index contributed by atoms with van der Waals surface area (Å²) in [5.74, 6) is 1.39. The Bertz CT molecular complexity index is 473. The van der Waals surface area contributed by atoms with E-state index in [0.717, 1.165) is 18.8 Å². The average Bonchev–Trinajstić information content (AvgIpc) is 2.44. The van der Waals surface area contributed by atoms with E-state index < -0.39 is 0 Å². The zero-order chi connectivity index (χ0) is 12.6. The van der Waals surface area contributed by atoms with Gasteiger partial charge in [-0.05, 0) is 12.0 Å². The molecule has 0 aliphatic heterocycles. The summed E-state index contributed by atoms with van der Waals surface area (Å²) in [6.45, 7) is 3.48. The van der Waals surface area contributed by atoms with Gasteiger partial charge in [-0.25, -0.2) is 9.97 Å². The molecule has 0 unspecified atom stereocenters. The maximum absolute atomic E-state index is 5.46. The van der Waals surface area contributed by atoms with Crippen LogP contribution in [-0.2, 0) is 6.54 Å². The third kappa shape index (κ3) is 3.73. The van der Waals surface area contributed by atoms with Crippen molar-refractivity contribution >= 4 is 5.82 Å². The highest BCUT2D eigenvalue weighted by molar-refractivity contribution is 5.38. The van der Waals surface area contributed by atoms with E-state index in [-0.39, 0.29) is 0 Å². The lowest BCUT2D eigenvalue weighted by Gasteiger charge is -2.07. The highest BCUT2D eigenvalue weighted by Gasteiger charge is 1.99. The quantitative estimate of drug-likeness (QED) is 0.847. The van der Waals surface area contributed by atoms with Crippen molar-refractivity contribution in [1.29, 1.82) is 0 Å². The maximum atomic E-state index is 5.46. The minimum Gasteiger partial charge on any atom is -0.478 e. The Labute approximate surface area is 107 Å². The molecular weight excluding hydrogens is 226 g/mol. The summed E-state index contributed by atoms with van der Waals surface area (Å²) in [5.41, 5.74) is 1.21. The topological polar surface area (TPSA) is 47.0 Å². The first kappa shape index (κ1) is 12.4. The lowest BCUT2D eigenvalue weighted by atomic mass is 10.2. The zero-order valence-electron chi connectivity index (χ0n) is 10.5. The van der Waals surface area contributed by atoms with Gasteiger partial charge < -0.3 is 10.1 Å². The van der Waals surface area contributed by atoms with Gasteiger partial charge in [-0.15, -0.1) is 0 Å². The first-order chi connectivity index (χ1) is 8.88. The number of aromatic nitrogens is 2. The van der Waals surface area contributed by atoms with E-state index in [1.807, 2.05) is 24.3 Å². The Morgan fingerprint density at radius 1 is 1.17 bits per heavy atom. The van der Waals surface area contributed by atoms with E-state index in [1.165, 1.54) is 11.9 Å². The van der Waals surface area contributed by atoms with Crippen molar-refractivity contribution in [1.82, 2.24) is 9.97 Å². The highest BCUT2D eigenvalue weighted by atomic mass is 16.5. The van der Waals surface area contributed by atoms with Crippen molar-refractivity contribution < 1.29 is 4.74 Å². The lowest BCUT2D eigenvalue weighted by molar-refractivity contribution is 0.305. The van der Waals surface area contributed by atoms with Gasteiger partial charge in [0.1, 0.15) is 12.1 Å². The Morgan fingerprint density at radius 2 is 2.00 bits per heavy atom. The number of ether oxygens (including phenoxy) is 1. The van der Waals surface area contributed by atoms with Crippen LogP contribution in [0.25, 0.3) is 0 Å². The molecule has 0 saturated heterocycles. The number of rotatable bonds is 6. The van der Waals surface area contributed by atoms with Crippen LogP contribution in [0.1, 0.15) is 18.9 Å². The van der Waals surface area contributed by atoms with Gasteiger partial charge in [0, 0.05) is 12.6 Å². The van der Waals surface area contributed by atoms with Gasteiger partial charge in [-0.3, -0.25) is 0 Å². The summed E-state index contributed by atoms with van der Waals surface area (Å²) < 4.78 is 5.46. The molecule has 0 aliphatic rings. The molecule has 0 atom stereocenters. The van der Waals surface area contributed by atoms with Crippen LogP contribution in [-0.4, -0.2) is 16.6 Å². The Balaban J connectivity index is 1.93. The normalized spacial score (nSPS) is 10.1. The molecule has 0 spiro atoms. The molecule has 0 radical (unpaired) electrons. The molecule has 1 aromatic carbocycles. The van der Waals surface area contributed by atoms with Crippen molar-refractivity contribution in [3.05, 3.63) is 48.3 Å². The fraction of sp³-hybridized carbons (Fsp3) is 0.286. The maximum Gasteiger partial charge on any atom is 0.218 e. The summed E-state index contributed by atoms with van der Waals surface area (Å²) in [6.07, 6.45) is 2.48. The fourth-order valence-corrected chi connectivity index (χ4v) is 1.51. The molecular formula is C14H17N3O. The molecule has 4 nitrogen and oxygen atoms in total. The molecule has 1 aromatic heterocycles. The van der Waals surface area contributed by atoms with Crippen molar-refractivity contribution in [3.63, 3.8) is 0 Å². The molecule has 2 aromatic rings. The third-order valence-electron chi connectivity index (χ3n) is 2.41. The highest BCUT2D eigenvalue weighted by Crippen LogP contribution is 2.12. The molecule has 0 aliphatic carbocycles. The minimum absolute atomic E-state index is 0.613. The number of hydrogen-bond acceptors (Lipinski definition) is 4.